The van der Waals surface area contributed by atoms with E-state index in [0.29, 0.717) is 4.48 Å². The van der Waals surface area contributed by atoms with E-state index in [1.807, 2.05) is 18.2 Å². The quantitative estimate of drug-likeness (QED) is 0.710. The summed E-state index contributed by atoms with van der Waals surface area (Å²) in [6.45, 7) is 8.49. The lowest BCUT2D eigenvalue weighted by Gasteiger charge is -2.34. The maximum absolute atomic E-state index is 12.0. The smallest absolute Gasteiger partial charge is 0.256 e. The lowest BCUT2D eigenvalue weighted by molar-refractivity contribution is -0.867. The van der Waals surface area contributed by atoms with E-state index < -0.39 is 0 Å². The van der Waals surface area contributed by atoms with Crippen LogP contribution in [0.15, 0.2) is 24.4 Å². The van der Waals surface area contributed by atoms with Gasteiger partial charge in [-0.3, -0.25) is 9.47 Å². The highest BCUT2D eigenvalue weighted by atomic mass is 16.2. The number of amides is 1. The molecule has 3 heteroatoms. The van der Waals surface area contributed by atoms with E-state index in [9.17, 15) is 4.79 Å². The van der Waals surface area contributed by atoms with Gasteiger partial charge in [0.25, 0.3) is 0 Å². The van der Waals surface area contributed by atoms with Crippen molar-refractivity contribution in [2.45, 2.75) is 40.2 Å². The summed E-state index contributed by atoms with van der Waals surface area (Å²) in [5.41, 5.74) is 1.00. The number of carbonyl (C=O) groups is 1. The van der Waals surface area contributed by atoms with Crippen molar-refractivity contribution in [1.82, 2.24) is 4.98 Å². The Morgan fingerprint density at radius 2 is 1.88 bits per heavy atom. The topological polar surface area (TPSA) is 30.0 Å². The molecule has 0 unspecified atom stereocenters. The van der Waals surface area contributed by atoms with Crippen LogP contribution in [0.5, 0.6) is 0 Å². The van der Waals surface area contributed by atoms with Gasteiger partial charge in [-0.05, 0) is 25.0 Å². The minimum atomic E-state index is 0.249. The Bertz CT molecular complexity index is 342. The van der Waals surface area contributed by atoms with Crippen LogP contribution in [-0.2, 0) is 11.3 Å². The first-order chi connectivity index (χ1) is 8.14. The van der Waals surface area contributed by atoms with Gasteiger partial charge in [0, 0.05) is 6.20 Å². The summed E-state index contributed by atoms with van der Waals surface area (Å²) in [5, 5.41) is 0. The molecule has 0 aromatic carbocycles. The Morgan fingerprint density at radius 3 is 2.29 bits per heavy atom. The zero-order chi connectivity index (χ0) is 12.7. The van der Waals surface area contributed by atoms with Crippen molar-refractivity contribution in [2.75, 3.05) is 13.1 Å². The zero-order valence-corrected chi connectivity index (χ0v) is 11.1. The number of carbonyl (C=O) groups excluding carboxylic acids is 1. The van der Waals surface area contributed by atoms with Crippen molar-refractivity contribution >= 4 is 5.91 Å². The van der Waals surface area contributed by atoms with Gasteiger partial charge < -0.3 is 0 Å². The van der Waals surface area contributed by atoms with Crippen LogP contribution in [0.3, 0.4) is 0 Å². The number of hydrogen-bond acceptors (Lipinski definition) is 2. The summed E-state index contributed by atoms with van der Waals surface area (Å²) in [6.07, 6.45) is 3.83. The third-order valence-electron chi connectivity index (χ3n) is 3.16. The SMILES string of the molecule is CCC[N+](CCC)(Cc1ccccn1)C(C)=O. The standard InChI is InChI=1S/C14H23N2O/c1-4-10-16(11-5-2,13(3)17)12-14-8-6-7-9-15-14/h6-9H,4-5,10-12H2,1-3H3/q+1. The predicted molar refractivity (Wildman–Crippen MR) is 69.2 cm³/mol. The first-order valence-electron chi connectivity index (χ1n) is 6.41. The molecule has 1 heterocycles. The highest BCUT2D eigenvalue weighted by molar-refractivity contribution is 5.65. The minimum absolute atomic E-state index is 0.249. The summed E-state index contributed by atoms with van der Waals surface area (Å²) >= 11 is 0. The lowest BCUT2D eigenvalue weighted by atomic mass is 10.2. The molecule has 0 atom stereocenters. The van der Waals surface area contributed by atoms with Crippen LogP contribution < -0.4 is 0 Å². The average molecular weight is 235 g/mol. The zero-order valence-electron chi connectivity index (χ0n) is 11.1. The molecule has 0 aliphatic carbocycles. The van der Waals surface area contributed by atoms with E-state index in [-0.39, 0.29) is 5.91 Å². The number of hydrogen-bond donors (Lipinski definition) is 0. The molecule has 0 N–H and O–H groups in total. The first-order valence-corrected chi connectivity index (χ1v) is 6.41. The van der Waals surface area contributed by atoms with E-state index >= 15 is 0 Å². The minimum Gasteiger partial charge on any atom is -0.256 e. The molecule has 0 aliphatic heterocycles. The predicted octanol–water partition coefficient (Wildman–Crippen LogP) is 2.76. The number of aromatic nitrogens is 1. The van der Waals surface area contributed by atoms with Gasteiger partial charge >= 0.3 is 5.91 Å². The van der Waals surface area contributed by atoms with Crippen LogP contribution in [0.25, 0.3) is 0 Å². The van der Waals surface area contributed by atoms with E-state index in [1.54, 1.807) is 13.1 Å². The molecule has 0 spiro atoms. The number of rotatable bonds is 6. The van der Waals surface area contributed by atoms with Crippen molar-refractivity contribution in [2.24, 2.45) is 0 Å². The van der Waals surface area contributed by atoms with Crippen molar-refractivity contribution in [3.63, 3.8) is 0 Å². The average Bonchev–Trinajstić information content (AvgIpc) is 2.30. The fraction of sp³-hybridized carbons (Fsp3) is 0.571. The van der Waals surface area contributed by atoms with Crippen LogP contribution in [0.4, 0.5) is 0 Å². The second kappa shape index (κ2) is 6.50. The van der Waals surface area contributed by atoms with Crippen molar-refractivity contribution in [3.05, 3.63) is 30.1 Å². The molecule has 0 saturated heterocycles. The summed E-state index contributed by atoms with van der Waals surface area (Å²) in [4.78, 5) is 16.3. The van der Waals surface area contributed by atoms with Gasteiger partial charge in [-0.25, -0.2) is 4.79 Å². The third kappa shape index (κ3) is 3.63. The fourth-order valence-corrected chi connectivity index (χ4v) is 2.35. The number of pyridine rings is 1. The van der Waals surface area contributed by atoms with E-state index in [1.165, 1.54) is 0 Å². The molecule has 0 aliphatic rings. The summed E-state index contributed by atoms with van der Waals surface area (Å²) in [6, 6.07) is 5.89. The Kier molecular flexibility index (Phi) is 5.29. The van der Waals surface area contributed by atoms with E-state index in [2.05, 4.69) is 18.8 Å². The summed E-state index contributed by atoms with van der Waals surface area (Å²) in [7, 11) is 0. The van der Waals surface area contributed by atoms with Gasteiger partial charge in [0.1, 0.15) is 6.54 Å². The largest absolute Gasteiger partial charge is 0.310 e. The van der Waals surface area contributed by atoms with Gasteiger partial charge in [-0.2, -0.15) is 0 Å². The van der Waals surface area contributed by atoms with Crippen LogP contribution >= 0.6 is 0 Å². The molecular formula is C14H23N2O+. The van der Waals surface area contributed by atoms with Gasteiger partial charge in [0.15, 0.2) is 0 Å². The maximum atomic E-state index is 12.0. The van der Waals surface area contributed by atoms with E-state index in [0.717, 1.165) is 38.2 Å². The Morgan fingerprint density at radius 1 is 1.24 bits per heavy atom. The van der Waals surface area contributed by atoms with Gasteiger partial charge in [-0.15, -0.1) is 0 Å². The molecule has 94 valence electrons. The van der Waals surface area contributed by atoms with Crippen molar-refractivity contribution in [3.8, 4) is 0 Å². The van der Waals surface area contributed by atoms with Gasteiger partial charge in [0.05, 0.1) is 25.7 Å². The van der Waals surface area contributed by atoms with Gasteiger partial charge in [-0.1, -0.05) is 19.9 Å². The third-order valence-corrected chi connectivity index (χ3v) is 3.16. The molecule has 0 bridgehead atoms. The maximum Gasteiger partial charge on any atom is 0.310 e. The second-order valence-corrected chi connectivity index (χ2v) is 4.59. The highest BCUT2D eigenvalue weighted by Gasteiger charge is 2.32. The summed E-state index contributed by atoms with van der Waals surface area (Å²) in [5.74, 6) is 0.249. The monoisotopic (exact) mass is 235 g/mol. The number of quaternary nitrogens is 1. The molecule has 1 amide bonds. The second-order valence-electron chi connectivity index (χ2n) is 4.59. The molecule has 1 rings (SSSR count). The Labute approximate surface area is 104 Å². The van der Waals surface area contributed by atoms with Crippen LogP contribution in [0.2, 0.25) is 0 Å². The Hall–Kier alpha value is -1.22. The van der Waals surface area contributed by atoms with Gasteiger partial charge in [0.2, 0.25) is 0 Å². The normalized spacial score (nSPS) is 11.5. The lowest BCUT2D eigenvalue weighted by Crippen LogP contribution is -2.52. The molecule has 3 nitrogen and oxygen atoms in total. The molecule has 1 aromatic heterocycles. The van der Waals surface area contributed by atoms with Crippen molar-refractivity contribution < 1.29 is 9.28 Å². The van der Waals surface area contributed by atoms with Crippen LogP contribution in [-0.4, -0.2) is 28.5 Å². The molecule has 1 aromatic rings. The molecule has 17 heavy (non-hydrogen) atoms. The Balaban J connectivity index is 2.92. The highest BCUT2D eigenvalue weighted by Crippen LogP contribution is 2.16. The molecule has 0 fully saturated rings. The summed E-state index contributed by atoms with van der Waals surface area (Å²) < 4.78 is 0.532. The van der Waals surface area contributed by atoms with Crippen LogP contribution in [0.1, 0.15) is 39.3 Å². The van der Waals surface area contributed by atoms with Crippen molar-refractivity contribution in [1.29, 1.82) is 0 Å². The first kappa shape index (κ1) is 13.8. The van der Waals surface area contributed by atoms with E-state index in [4.69, 9.17) is 0 Å². The molecular weight excluding hydrogens is 212 g/mol. The number of nitrogens with zero attached hydrogens (tertiary/aromatic N) is 2. The van der Waals surface area contributed by atoms with Crippen LogP contribution in [0, 0.1) is 0 Å². The fourth-order valence-electron chi connectivity index (χ4n) is 2.35. The molecule has 0 radical (unpaired) electrons. The molecule has 0 saturated carbocycles.